The molecule has 1 fully saturated rings. The molecular weight excluding hydrogens is 360 g/mol. The molecule has 5 nitrogen and oxygen atoms in total. The number of aromatic nitrogens is 3. The Morgan fingerprint density at radius 1 is 1.21 bits per heavy atom. The average molecular weight is 383 g/mol. The van der Waals surface area contributed by atoms with Crippen LogP contribution < -0.4 is 10.2 Å². The molecule has 0 saturated carbocycles. The van der Waals surface area contributed by atoms with E-state index in [1.165, 1.54) is 12.1 Å². The summed E-state index contributed by atoms with van der Waals surface area (Å²) in [7, 11) is 1.79. The second kappa shape index (κ2) is 7.58. The van der Waals surface area contributed by atoms with Gasteiger partial charge in [0.2, 0.25) is 0 Å². The summed E-state index contributed by atoms with van der Waals surface area (Å²) in [6.45, 7) is 4.50. The van der Waals surface area contributed by atoms with Crippen molar-refractivity contribution in [3.63, 3.8) is 0 Å². The van der Waals surface area contributed by atoms with Crippen LogP contribution in [0.15, 0.2) is 42.7 Å². The van der Waals surface area contributed by atoms with Crippen molar-refractivity contribution in [2.45, 2.75) is 13.3 Å². The first-order valence-electron chi connectivity index (χ1n) is 9.42. The van der Waals surface area contributed by atoms with Crippen molar-refractivity contribution in [2.75, 3.05) is 29.9 Å². The van der Waals surface area contributed by atoms with Crippen molar-refractivity contribution in [3.05, 3.63) is 59.9 Å². The third-order valence-electron chi connectivity index (χ3n) is 4.93. The van der Waals surface area contributed by atoms with E-state index in [1.54, 1.807) is 36.3 Å². The van der Waals surface area contributed by atoms with E-state index in [-0.39, 0.29) is 17.3 Å². The van der Waals surface area contributed by atoms with Gasteiger partial charge in [-0.2, -0.15) is 5.10 Å². The molecular formula is C21H23F2N5. The summed E-state index contributed by atoms with van der Waals surface area (Å²) in [6.07, 6.45) is 4.00. The van der Waals surface area contributed by atoms with Gasteiger partial charge in [-0.25, -0.2) is 13.8 Å². The monoisotopic (exact) mass is 383 g/mol. The zero-order valence-electron chi connectivity index (χ0n) is 16.0. The van der Waals surface area contributed by atoms with E-state index in [4.69, 9.17) is 0 Å². The molecule has 1 aliphatic heterocycles. The predicted octanol–water partition coefficient (Wildman–Crippen LogP) is 3.87. The largest absolute Gasteiger partial charge is 0.368 e. The lowest BCUT2D eigenvalue weighted by Crippen LogP contribution is -2.45. The van der Waals surface area contributed by atoms with Crippen molar-refractivity contribution in [1.82, 2.24) is 14.8 Å². The molecule has 1 aromatic carbocycles. The van der Waals surface area contributed by atoms with Crippen LogP contribution in [0, 0.1) is 17.6 Å². The molecule has 3 heterocycles. The molecule has 0 atom stereocenters. The highest BCUT2D eigenvalue weighted by atomic mass is 19.1. The number of nitrogens with one attached hydrogen (secondary N) is 1. The van der Waals surface area contributed by atoms with Gasteiger partial charge in [0, 0.05) is 44.5 Å². The van der Waals surface area contributed by atoms with E-state index in [2.05, 4.69) is 27.2 Å². The lowest BCUT2D eigenvalue weighted by molar-refractivity contribution is 0.446. The fourth-order valence-corrected chi connectivity index (χ4v) is 3.51. The Bertz CT molecular complexity index is 979. The van der Waals surface area contributed by atoms with Gasteiger partial charge in [-0.3, -0.25) is 4.68 Å². The number of halogens is 2. The molecule has 0 amide bonds. The maximum atomic E-state index is 14.8. The van der Waals surface area contributed by atoms with Gasteiger partial charge in [-0.1, -0.05) is 19.1 Å². The van der Waals surface area contributed by atoms with Crippen molar-refractivity contribution in [2.24, 2.45) is 13.0 Å². The van der Waals surface area contributed by atoms with Gasteiger partial charge in [0.05, 0.1) is 11.9 Å². The molecule has 2 aromatic heterocycles. The zero-order chi connectivity index (χ0) is 19.7. The summed E-state index contributed by atoms with van der Waals surface area (Å²) in [6, 6.07) is 8.10. The highest BCUT2D eigenvalue weighted by Gasteiger charge is 2.27. The number of hydrogen-bond donors (Lipinski definition) is 1. The minimum Gasteiger partial charge on any atom is -0.368 e. The number of anilines is 2. The van der Waals surface area contributed by atoms with Crippen LogP contribution in [0.2, 0.25) is 0 Å². The molecule has 1 N–H and O–H groups in total. The molecule has 1 saturated heterocycles. The summed E-state index contributed by atoms with van der Waals surface area (Å²) in [5.41, 5.74) is 2.58. The zero-order valence-corrected chi connectivity index (χ0v) is 16.0. The third kappa shape index (κ3) is 3.83. The number of benzene rings is 1. The van der Waals surface area contributed by atoms with E-state index in [0.29, 0.717) is 30.3 Å². The Morgan fingerprint density at radius 3 is 2.71 bits per heavy atom. The summed E-state index contributed by atoms with van der Waals surface area (Å²) < 4.78 is 29.8. The average Bonchev–Trinajstić information content (AvgIpc) is 3.06. The van der Waals surface area contributed by atoms with Crippen LogP contribution in [0.4, 0.5) is 20.3 Å². The Balaban J connectivity index is 1.59. The van der Waals surface area contributed by atoms with Crippen LogP contribution in [0.5, 0.6) is 0 Å². The van der Waals surface area contributed by atoms with Crippen LogP contribution in [-0.4, -0.2) is 34.4 Å². The standard InChI is InChI=1S/C21H23F2N5/c1-14-11-28(12-14)19-9-18(23)20(16-10-25-27(2)13-16)26-21(19)24-7-6-15-4-3-5-17(22)8-15/h3-5,8-10,13-14H,6-7,11-12H2,1-2H3,(H,24,26). The van der Waals surface area contributed by atoms with Gasteiger partial charge >= 0.3 is 0 Å². The highest BCUT2D eigenvalue weighted by molar-refractivity contribution is 5.72. The van der Waals surface area contributed by atoms with Crippen LogP contribution in [0.25, 0.3) is 11.3 Å². The first-order chi connectivity index (χ1) is 13.5. The Hall–Kier alpha value is -2.96. The summed E-state index contributed by atoms with van der Waals surface area (Å²) >= 11 is 0. The van der Waals surface area contributed by atoms with Gasteiger partial charge in [0.15, 0.2) is 11.6 Å². The van der Waals surface area contributed by atoms with E-state index >= 15 is 0 Å². The molecule has 0 spiro atoms. The maximum Gasteiger partial charge on any atom is 0.151 e. The van der Waals surface area contributed by atoms with Gasteiger partial charge in [0.25, 0.3) is 0 Å². The SMILES string of the molecule is CC1CN(c2cc(F)c(-c3cnn(C)c3)nc2NCCc2cccc(F)c2)C1. The van der Waals surface area contributed by atoms with Crippen LogP contribution in [-0.2, 0) is 13.5 Å². The normalized spacial score (nSPS) is 14.2. The Morgan fingerprint density at radius 2 is 2.04 bits per heavy atom. The minimum absolute atomic E-state index is 0.244. The molecule has 0 radical (unpaired) electrons. The quantitative estimate of drug-likeness (QED) is 0.702. The van der Waals surface area contributed by atoms with E-state index in [9.17, 15) is 8.78 Å². The number of pyridine rings is 1. The summed E-state index contributed by atoms with van der Waals surface area (Å²) in [5, 5.41) is 7.43. The Kier molecular flexibility index (Phi) is 4.98. The van der Waals surface area contributed by atoms with Gasteiger partial charge in [0.1, 0.15) is 11.5 Å². The predicted molar refractivity (Wildman–Crippen MR) is 106 cm³/mol. The van der Waals surface area contributed by atoms with Gasteiger partial charge < -0.3 is 10.2 Å². The first-order valence-corrected chi connectivity index (χ1v) is 9.42. The fraction of sp³-hybridized carbons (Fsp3) is 0.333. The lowest BCUT2D eigenvalue weighted by Gasteiger charge is -2.40. The molecule has 1 aliphatic rings. The highest BCUT2D eigenvalue weighted by Crippen LogP contribution is 2.34. The molecule has 146 valence electrons. The Labute approximate surface area is 163 Å². The van der Waals surface area contributed by atoms with Crippen molar-refractivity contribution in [3.8, 4) is 11.3 Å². The molecule has 0 bridgehead atoms. The van der Waals surface area contributed by atoms with Crippen LogP contribution in [0.1, 0.15) is 12.5 Å². The second-order valence-corrected chi connectivity index (χ2v) is 7.41. The smallest absolute Gasteiger partial charge is 0.151 e. The van der Waals surface area contributed by atoms with Crippen molar-refractivity contribution < 1.29 is 8.78 Å². The molecule has 0 unspecified atom stereocenters. The summed E-state index contributed by atoms with van der Waals surface area (Å²) in [5.74, 6) is 0.620. The van der Waals surface area contributed by atoms with Crippen LogP contribution >= 0.6 is 0 Å². The number of nitrogens with zero attached hydrogens (tertiary/aromatic N) is 4. The topological polar surface area (TPSA) is 46.0 Å². The van der Waals surface area contributed by atoms with Crippen molar-refractivity contribution >= 4 is 11.5 Å². The fourth-order valence-electron chi connectivity index (χ4n) is 3.51. The molecule has 0 aliphatic carbocycles. The minimum atomic E-state index is -0.363. The second-order valence-electron chi connectivity index (χ2n) is 7.41. The maximum absolute atomic E-state index is 14.8. The van der Waals surface area contributed by atoms with Gasteiger partial charge in [-0.05, 0) is 30.0 Å². The molecule has 3 aromatic rings. The summed E-state index contributed by atoms with van der Waals surface area (Å²) in [4.78, 5) is 6.70. The third-order valence-corrected chi connectivity index (χ3v) is 4.93. The first kappa shape index (κ1) is 18.4. The van der Waals surface area contributed by atoms with E-state index in [0.717, 1.165) is 24.3 Å². The molecule has 4 rings (SSSR count). The van der Waals surface area contributed by atoms with Crippen molar-refractivity contribution in [1.29, 1.82) is 0 Å². The molecule has 28 heavy (non-hydrogen) atoms. The van der Waals surface area contributed by atoms with Crippen LogP contribution in [0.3, 0.4) is 0 Å². The number of aryl methyl sites for hydroxylation is 1. The van der Waals surface area contributed by atoms with Gasteiger partial charge in [-0.15, -0.1) is 0 Å². The number of rotatable bonds is 6. The number of hydrogen-bond acceptors (Lipinski definition) is 4. The van der Waals surface area contributed by atoms with E-state index < -0.39 is 0 Å². The van der Waals surface area contributed by atoms with E-state index in [1.807, 2.05) is 6.07 Å². The lowest BCUT2D eigenvalue weighted by atomic mass is 10.0. The molecule has 7 heteroatoms.